The summed E-state index contributed by atoms with van der Waals surface area (Å²) >= 11 is 0. The highest BCUT2D eigenvalue weighted by molar-refractivity contribution is 14.0. The third-order valence-electron chi connectivity index (χ3n) is 5.41. The molecule has 0 radical (unpaired) electrons. The van der Waals surface area contributed by atoms with Crippen molar-refractivity contribution >= 4 is 29.9 Å². The monoisotopic (exact) mass is 490 g/mol. The van der Waals surface area contributed by atoms with Crippen molar-refractivity contribution in [3.63, 3.8) is 0 Å². The molecule has 0 amide bonds. The smallest absolute Gasteiger partial charge is 0.191 e. The lowest BCUT2D eigenvalue weighted by atomic mass is 9.96. The van der Waals surface area contributed by atoms with Crippen molar-refractivity contribution in [2.75, 3.05) is 53.0 Å². The van der Waals surface area contributed by atoms with Crippen molar-refractivity contribution in [3.05, 3.63) is 35.6 Å². The fraction of sp³-hybridized carbons (Fsp3) is 0.650. The fourth-order valence-electron chi connectivity index (χ4n) is 3.50. The van der Waals surface area contributed by atoms with Gasteiger partial charge in [0.25, 0.3) is 0 Å². The van der Waals surface area contributed by atoms with Gasteiger partial charge in [-0.05, 0) is 49.9 Å². The topological polar surface area (TPSA) is 48.9 Å². The summed E-state index contributed by atoms with van der Waals surface area (Å²) in [5.74, 6) is 0.676. The summed E-state index contributed by atoms with van der Waals surface area (Å²) in [6.45, 7) is 6.68. The summed E-state index contributed by atoms with van der Waals surface area (Å²) < 4.78 is 18.9. The van der Waals surface area contributed by atoms with E-state index in [0.717, 1.165) is 76.7 Å². The van der Waals surface area contributed by atoms with E-state index in [1.807, 2.05) is 6.07 Å². The second-order valence-corrected chi connectivity index (χ2v) is 7.30. The Labute approximate surface area is 179 Å². The first kappa shape index (κ1) is 22.4. The average molecular weight is 490 g/mol. The minimum atomic E-state index is -0.156. The lowest BCUT2D eigenvalue weighted by molar-refractivity contribution is 0.0372. The van der Waals surface area contributed by atoms with E-state index in [4.69, 9.17) is 4.74 Å². The summed E-state index contributed by atoms with van der Waals surface area (Å²) in [5, 5.41) is 6.81. The molecule has 0 unspecified atom stereocenters. The molecule has 1 saturated carbocycles. The van der Waals surface area contributed by atoms with Gasteiger partial charge in [-0.25, -0.2) is 4.39 Å². The number of nitrogens with one attached hydrogen (secondary N) is 2. The molecule has 1 aromatic carbocycles. The summed E-state index contributed by atoms with van der Waals surface area (Å²) in [7, 11) is 1.80. The highest BCUT2D eigenvalue weighted by atomic mass is 127. The number of aliphatic imine (C=N–C) groups is 1. The van der Waals surface area contributed by atoms with Crippen LogP contribution in [0.5, 0.6) is 0 Å². The van der Waals surface area contributed by atoms with Gasteiger partial charge in [-0.15, -0.1) is 24.0 Å². The van der Waals surface area contributed by atoms with E-state index >= 15 is 0 Å². The van der Waals surface area contributed by atoms with Crippen molar-refractivity contribution < 1.29 is 9.13 Å². The van der Waals surface area contributed by atoms with Crippen LogP contribution in [0.4, 0.5) is 4.39 Å². The van der Waals surface area contributed by atoms with Gasteiger partial charge in [-0.2, -0.15) is 0 Å². The number of unbranched alkanes of at least 4 members (excludes halogenated alkanes) is 1. The summed E-state index contributed by atoms with van der Waals surface area (Å²) in [5.41, 5.74) is 1.15. The Bertz CT molecular complexity index is 603. The molecule has 1 heterocycles. The van der Waals surface area contributed by atoms with Crippen LogP contribution in [-0.2, 0) is 10.2 Å². The zero-order valence-electron chi connectivity index (χ0n) is 16.2. The van der Waals surface area contributed by atoms with E-state index in [9.17, 15) is 4.39 Å². The number of benzene rings is 1. The lowest BCUT2D eigenvalue weighted by Crippen LogP contribution is -2.42. The van der Waals surface area contributed by atoms with Gasteiger partial charge in [0.05, 0.1) is 13.2 Å². The summed E-state index contributed by atoms with van der Waals surface area (Å²) in [6, 6.07) is 6.99. The SMILES string of the molecule is CN=C(NCCCCN1CCOCC1)NCC1(c2cccc(F)c2)CC1.I. The molecule has 0 atom stereocenters. The van der Waals surface area contributed by atoms with Crippen molar-refractivity contribution in [2.45, 2.75) is 31.1 Å². The minimum Gasteiger partial charge on any atom is -0.379 e. The quantitative estimate of drug-likeness (QED) is 0.255. The number of rotatable bonds is 8. The largest absolute Gasteiger partial charge is 0.379 e. The molecule has 1 aliphatic carbocycles. The standard InChI is InChI=1S/C20H31FN4O.HI/c1-22-19(23-9-2-3-10-25-11-13-26-14-12-25)24-16-20(7-8-20)17-5-4-6-18(21)15-17;/h4-6,15H,2-3,7-14,16H2,1H3,(H2,22,23,24);1H. The van der Waals surface area contributed by atoms with Crippen LogP contribution in [0.1, 0.15) is 31.2 Å². The highest BCUT2D eigenvalue weighted by Crippen LogP contribution is 2.47. The van der Waals surface area contributed by atoms with Crippen LogP contribution in [0.2, 0.25) is 0 Å². The third-order valence-corrected chi connectivity index (χ3v) is 5.41. The van der Waals surface area contributed by atoms with Crippen LogP contribution < -0.4 is 10.6 Å². The Kier molecular flexibility index (Phi) is 9.25. The molecular formula is C20H32FIN4O. The molecule has 2 aliphatic rings. The van der Waals surface area contributed by atoms with Gasteiger partial charge in [0.1, 0.15) is 5.82 Å². The first-order valence-corrected chi connectivity index (χ1v) is 9.72. The van der Waals surface area contributed by atoms with Gasteiger partial charge in [0.15, 0.2) is 5.96 Å². The second-order valence-electron chi connectivity index (χ2n) is 7.30. The van der Waals surface area contributed by atoms with E-state index in [1.54, 1.807) is 19.2 Å². The van der Waals surface area contributed by atoms with Gasteiger partial charge in [-0.1, -0.05) is 12.1 Å². The molecule has 7 heteroatoms. The molecule has 2 fully saturated rings. The maximum Gasteiger partial charge on any atom is 0.191 e. The van der Waals surface area contributed by atoms with Gasteiger partial charge >= 0.3 is 0 Å². The van der Waals surface area contributed by atoms with Gasteiger partial charge in [0, 0.05) is 38.6 Å². The zero-order valence-corrected chi connectivity index (χ0v) is 18.5. The second kappa shape index (κ2) is 11.2. The lowest BCUT2D eigenvalue weighted by Gasteiger charge is -2.26. The van der Waals surface area contributed by atoms with E-state index < -0.39 is 0 Å². The third kappa shape index (κ3) is 6.87. The van der Waals surface area contributed by atoms with Gasteiger partial charge in [0.2, 0.25) is 0 Å². The van der Waals surface area contributed by atoms with Gasteiger partial charge in [-0.3, -0.25) is 9.89 Å². The normalized spacial score (nSPS) is 19.3. The molecule has 3 rings (SSSR count). The van der Waals surface area contributed by atoms with Crippen LogP contribution in [0.15, 0.2) is 29.3 Å². The summed E-state index contributed by atoms with van der Waals surface area (Å²) in [4.78, 5) is 6.78. The molecule has 152 valence electrons. The highest BCUT2D eigenvalue weighted by Gasteiger charge is 2.44. The Morgan fingerprint density at radius 2 is 2.00 bits per heavy atom. The molecule has 1 aliphatic heterocycles. The van der Waals surface area contributed by atoms with Crippen LogP contribution in [-0.4, -0.2) is 63.8 Å². The molecule has 27 heavy (non-hydrogen) atoms. The Morgan fingerprint density at radius 1 is 1.22 bits per heavy atom. The fourth-order valence-corrected chi connectivity index (χ4v) is 3.50. The van der Waals surface area contributed by atoms with E-state index in [-0.39, 0.29) is 35.2 Å². The minimum absolute atomic E-state index is 0. The molecule has 1 aromatic rings. The number of hydrogen-bond donors (Lipinski definition) is 2. The Morgan fingerprint density at radius 3 is 2.67 bits per heavy atom. The molecular weight excluding hydrogens is 458 g/mol. The number of guanidine groups is 1. The van der Waals surface area contributed by atoms with E-state index in [2.05, 4.69) is 20.5 Å². The van der Waals surface area contributed by atoms with Crippen LogP contribution in [0.3, 0.4) is 0 Å². The van der Waals surface area contributed by atoms with Gasteiger partial charge < -0.3 is 15.4 Å². The van der Waals surface area contributed by atoms with Crippen LogP contribution in [0, 0.1) is 5.82 Å². The molecule has 0 bridgehead atoms. The number of nitrogens with zero attached hydrogens (tertiary/aromatic N) is 2. The number of ether oxygens (including phenoxy) is 1. The Hall–Kier alpha value is -0.930. The first-order valence-electron chi connectivity index (χ1n) is 9.72. The predicted molar refractivity (Wildman–Crippen MR) is 119 cm³/mol. The van der Waals surface area contributed by atoms with Crippen molar-refractivity contribution in [3.8, 4) is 0 Å². The van der Waals surface area contributed by atoms with E-state index in [0.29, 0.717) is 0 Å². The molecule has 1 saturated heterocycles. The van der Waals surface area contributed by atoms with Crippen LogP contribution >= 0.6 is 24.0 Å². The predicted octanol–water partition coefficient (Wildman–Crippen LogP) is 2.75. The maximum absolute atomic E-state index is 13.5. The first-order chi connectivity index (χ1) is 12.7. The number of morpholine rings is 1. The maximum atomic E-state index is 13.5. The number of hydrogen-bond acceptors (Lipinski definition) is 3. The zero-order chi connectivity index (χ0) is 18.2. The average Bonchev–Trinajstić information content (AvgIpc) is 3.46. The molecule has 2 N–H and O–H groups in total. The molecule has 0 spiro atoms. The molecule has 0 aromatic heterocycles. The Balaban J connectivity index is 0.00000261. The summed E-state index contributed by atoms with van der Waals surface area (Å²) in [6.07, 6.45) is 4.49. The van der Waals surface area contributed by atoms with Crippen molar-refractivity contribution in [2.24, 2.45) is 4.99 Å². The van der Waals surface area contributed by atoms with E-state index in [1.165, 1.54) is 12.5 Å². The van der Waals surface area contributed by atoms with Crippen molar-refractivity contribution in [1.82, 2.24) is 15.5 Å². The van der Waals surface area contributed by atoms with Crippen molar-refractivity contribution in [1.29, 1.82) is 0 Å². The molecule has 5 nitrogen and oxygen atoms in total. The van der Waals surface area contributed by atoms with Crippen LogP contribution in [0.25, 0.3) is 0 Å². The number of halogens is 2.